The van der Waals surface area contributed by atoms with E-state index in [2.05, 4.69) is 38.6 Å². The molecule has 0 unspecified atom stereocenters. The van der Waals surface area contributed by atoms with Crippen LogP contribution in [-0.2, 0) is 5.75 Å². The molecule has 0 amide bonds. The largest absolute Gasteiger partial charge is 0.270 e. The molecular weight excluding hydrogens is 358 g/mol. The van der Waals surface area contributed by atoms with Gasteiger partial charge < -0.3 is 0 Å². The summed E-state index contributed by atoms with van der Waals surface area (Å²) in [5.74, 6) is 0.545. The lowest BCUT2D eigenvalue weighted by Gasteiger charge is -2.07. The van der Waals surface area contributed by atoms with Gasteiger partial charge in [-0.05, 0) is 36.8 Å². The molecule has 1 aromatic carbocycles. The Kier molecular flexibility index (Phi) is 3.68. The molecule has 0 saturated carbocycles. The first-order valence-electron chi connectivity index (χ1n) is 8.54. The molecule has 7 heteroatoms. The van der Waals surface area contributed by atoms with E-state index >= 15 is 0 Å². The Bertz CT molecular complexity index is 1370. The Morgan fingerprint density at radius 1 is 1.00 bits per heavy atom. The van der Waals surface area contributed by atoms with Crippen LogP contribution >= 0.6 is 11.8 Å². The van der Waals surface area contributed by atoms with Crippen molar-refractivity contribution in [2.75, 3.05) is 0 Å². The number of hydrogen-bond acceptors (Lipinski definition) is 5. The lowest BCUT2D eigenvalue weighted by molar-refractivity contribution is 0.936. The predicted molar refractivity (Wildman–Crippen MR) is 106 cm³/mol. The molecule has 4 heterocycles. The van der Waals surface area contributed by atoms with Crippen molar-refractivity contribution >= 4 is 34.0 Å². The van der Waals surface area contributed by atoms with E-state index in [9.17, 15) is 4.79 Å². The number of para-hydroxylation sites is 1. The Labute approximate surface area is 158 Å². The monoisotopic (exact) mass is 373 g/mol. The Morgan fingerprint density at radius 3 is 2.78 bits per heavy atom. The third-order valence-electron chi connectivity index (χ3n) is 4.55. The zero-order valence-corrected chi connectivity index (χ0v) is 15.3. The molecule has 27 heavy (non-hydrogen) atoms. The van der Waals surface area contributed by atoms with Gasteiger partial charge in [0.2, 0.25) is 0 Å². The van der Waals surface area contributed by atoms with Crippen LogP contribution in [0.4, 0.5) is 0 Å². The van der Waals surface area contributed by atoms with Gasteiger partial charge in [-0.2, -0.15) is 0 Å². The number of pyridine rings is 2. The molecule has 0 radical (unpaired) electrons. The minimum Gasteiger partial charge on any atom is -0.270 e. The van der Waals surface area contributed by atoms with Gasteiger partial charge in [0.25, 0.3) is 5.56 Å². The molecule has 5 rings (SSSR count). The second kappa shape index (κ2) is 6.21. The van der Waals surface area contributed by atoms with Crippen LogP contribution in [0.1, 0.15) is 11.3 Å². The van der Waals surface area contributed by atoms with Gasteiger partial charge in [-0.3, -0.25) is 13.6 Å². The Morgan fingerprint density at radius 2 is 1.85 bits per heavy atom. The van der Waals surface area contributed by atoms with Gasteiger partial charge in [-0.25, -0.2) is 4.98 Å². The summed E-state index contributed by atoms with van der Waals surface area (Å²) >= 11 is 1.53. The lowest BCUT2D eigenvalue weighted by Crippen LogP contribution is -2.14. The van der Waals surface area contributed by atoms with Crippen molar-refractivity contribution in [1.82, 2.24) is 24.0 Å². The van der Waals surface area contributed by atoms with Crippen LogP contribution in [0.25, 0.3) is 22.2 Å². The summed E-state index contributed by atoms with van der Waals surface area (Å²) in [4.78, 5) is 16.8. The minimum absolute atomic E-state index is 0.0802. The molecule has 132 valence electrons. The number of rotatable bonds is 3. The standard InChI is InChI=1S/C20H15N5OS/c1-13-10-18-22-23-20(25(18)16-7-3-2-6-15(13)16)27-12-14-11-19(26)24-9-5-4-8-17(24)21-14/h2-11H,12H2,1H3. The molecule has 0 fully saturated rings. The Balaban J connectivity index is 1.56. The average Bonchev–Trinajstić information content (AvgIpc) is 3.09. The zero-order chi connectivity index (χ0) is 18.4. The third-order valence-corrected chi connectivity index (χ3v) is 5.51. The van der Waals surface area contributed by atoms with Crippen LogP contribution < -0.4 is 5.56 Å². The van der Waals surface area contributed by atoms with Gasteiger partial charge in [-0.15, -0.1) is 10.2 Å². The van der Waals surface area contributed by atoms with E-state index in [0.29, 0.717) is 11.4 Å². The van der Waals surface area contributed by atoms with Gasteiger partial charge in [0.15, 0.2) is 10.8 Å². The van der Waals surface area contributed by atoms with E-state index in [1.165, 1.54) is 27.1 Å². The van der Waals surface area contributed by atoms with Crippen LogP contribution in [-0.4, -0.2) is 24.0 Å². The predicted octanol–water partition coefficient (Wildman–Crippen LogP) is 3.49. The number of hydrogen-bond donors (Lipinski definition) is 0. The highest BCUT2D eigenvalue weighted by atomic mass is 32.2. The van der Waals surface area contributed by atoms with Crippen molar-refractivity contribution in [3.8, 4) is 0 Å². The summed E-state index contributed by atoms with van der Waals surface area (Å²) < 4.78 is 3.60. The first kappa shape index (κ1) is 16.0. The molecule has 6 nitrogen and oxygen atoms in total. The smallest absolute Gasteiger partial charge is 0.258 e. The third kappa shape index (κ3) is 2.67. The summed E-state index contributed by atoms with van der Waals surface area (Å²) in [5.41, 5.74) is 4.36. The van der Waals surface area contributed by atoms with Crippen LogP contribution in [0.15, 0.2) is 70.7 Å². The fourth-order valence-corrected chi connectivity index (χ4v) is 4.13. The maximum absolute atomic E-state index is 12.3. The number of nitrogens with zero attached hydrogens (tertiary/aromatic N) is 5. The van der Waals surface area contributed by atoms with Crippen molar-refractivity contribution in [3.05, 3.63) is 82.4 Å². The van der Waals surface area contributed by atoms with Gasteiger partial charge in [0.05, 0.1) is 11.2 Å². The number of aryl methyl sites for hydroxylation is 1. The maximum Gasteiger partial charge on any atom is 0.258 e. The molecule has 5 aromatic rings. The fraction of sp³-hybridized carbons (Fsp3) is 0.100. The molecule has 0 aliphatic heterocycles. The normalized spacial score (nSPS) is 11.6. The number of fused-ring (bicyclic) bond motifs is 4. The quantitative estimate of drug-likeness (QED) is 0.453. The molecular formula is C20H15N5OS. The molecule has 0 aliphatic carbocycles. The summed E-state index contributed by atoms with van der Waals surface area (Å²) in [5, 5.41) is 10.6. The Hall–Kier alpha value is -3.19. The summed E-state index contributed by atoms with van der Waals surface area (Å²) in [6.07, 6.45) is 1.72. The van der Waals surface area contributed by atoms with Crippen molar-refractivity contribution in [1.29, 1.82) is 0 Å². The van der Waals surface area contributed by atoms with Crippen molar-refractivity contribution in [3.63, 3.8) is 0 Å². The fourth-order valence-electron chi connectivity index (χ4n) is 3.28. The molecule has 4 aromatic heterocycles. The van der Waals surface area contributed by atoms with Gasteiger partial charge >= 0.3 is 0 Å². The summed E-state index contributed by atoms with van der Waals surface area (Å²) in [6.45, 7) is 2.08. The summed E-state index contributed by atoms with van der Waals surface area (Å²) in [6, 6.07) is 17.4. The van der Waals surface area contributed by atoms with E-state index in [0.717, 1.165) is 22.0 Å². The topological polar surface area (TPSA) is 64.6 Å². The highest BCUT2D eigenvalue weighted by Crippen LogP contribution is 2.27. The van der Waals surface area contributed by atoms with E-state index in [1.54, 1.807) is 12.3 Å². The van der Waals surface area contributed by atoms with Crippen LogP contribution in [0, 0.1) is 6.92 Å². The van der Waals surface area contributed by atoms with Crippen molar-refractivity contribution in [2.24, 2.45) is 0 Å². The highest BCUT2D eigenvalue weighted by Gasteiger charge is 2.12. The first-order valence-corrected chi connectivity index (χ1v) is 9.53. The van der Waals surface area contributed by atoms with E-state index in [1.807, 2.05) is 36.4 Å². The van der Waals surface area contributed by atoms with E-state index < -0.39 is 0 Å². The zero-order valence-electron chi connectivity index (χ0n) is 14.5. The molecule has 0 bridgehead atoms. The van der Waals surface area contributed by atoms with E-state index in [4.69, 9.17) is 0 Å². The van der Waals surface area contributed by atoms with E-state index in [-0.39, 0.29) is 5.56 Å². The minimum atomic E-state index is -0.0802. The number of aromatic nitrogens is 5. The highest BCUT2D eigenvalue weighted by molar-refractivity contribution is 7.98. The van der Waals surface area contributed by atoms with Crippen LogP contribution in [0.2, 0.25) is 0 Å². The van der Waals surface area contributed by atoms with Crippen molar-refractivity contribution in [2.45, 2.75) is 17.8 Å². The SMILES string of the molecule is Cc1cc2nnc(SCc3cc(=O)n4ccccc4n3)n2c2ccccc12. The first-order chi connectivity index (χ1) is 13.2. The van der Waals surface area contributed by atoms with Gasteiger partial charge in [0, 0.05) is 23.4 Å². The second-order valence-corrected chi connectivity index (χ2v) is 7.27. The van der Waals surface area contributed by atoms with Gasteiger partial charge in [-0.1, -0.05) is 36.0 Å². The number of thioether (sulfide) groups is 1. The van der Waals surface area contributed by atoms with Crippen molar-refractivity contribution < 1.29 is 0 Å². The molecule has 0 spiro atoms. The summed E-state index contributed by atoms with van der Waals surface area (Å²) in [7, 11) is 0. The maximum atomic E-state index is 12.3. The average molecular weight is 373 g/mol. The molecule has 0 aliphatic rings. The lowest BCUT2D eigenvalue weighted by atomic mass is 10.1. The second-order valence-electron chi connectivity index (χ2n) is 6.32. The van der Waals surface area contributed by atoms with Crippen LogP contribution in [0.3, 0.4) is 0 Å². The molecule has 0 saturated heterocycles. The number of benzene rings is 1. The molecule has 0 atom stereocenters. The molecule has 0 N–H and O–H groups in total. The van der Waals surface area contributed by atoms with Crippen LogP contribution in [0.5, 0.6) is 0 Å². The van der Waals surface area contributed by atoms with Gasteiger partial charge in [0.1, 0.15) is 5.65 Å².